The fourth-order valence-electron chi connectivity index (χ4n) is 2.97. The van der Waals surface area contributed by atoms with E-state index in [2.05, 4.69) is 54.9 Å². The Labute approximate surface area is 164 Å². The minimum Gasteiger partial charge on any atom is -0.207 e. The zero-order chi connectivity index (χ0) is 19.3. The number of fused-ring (bicyclic) bond motifs is 1. The van der Waals surface area contributed by atoms with Gasteiger partial charge in [0.2, 0.25) is 0 Å². The molecule has 4 aromatic carbocycles. The molecular formula is C27H17F. The normalized spacial score (nSPS) is 9.93. The first-order chi connectivity index (χ1) is 13.7. The highest BCUT2D eigenvalue weighted by Gasteiger charge is 2.02. The van der Waals surface area contributed by atoms with Gasteiger partial charge in [0.15, 0.2) is 0 Å². The Morgan fingerprint density at radius 2 is 1.00 bits per heavy atom. The van der Waals surface area contributed by atoms with Gasteiger partial charge in [-0.3, -0.25) is 0 Å². The van der Waals surface area contributed by atoms with Gasteiger partial charge in [0.05, 0.1) is 0 Å². The summed E-state index contributed by atoms with van der Waals surface area (Å²) in [5, 5.41) is 2.14. The number of hydrogen-bond acceptors (Lipinski definition) is 0. The van der Waals surface area contributed by atoms with Crippen molar-refractivity contribution in [2.24, 2.45) is 0 Å². The lowest BCUT2D eigenvalue weighted by Gasteiger charge is -2.03. The number of rotatable bonds is 0. The van der Waals surface area contributed by atoms with Crippen LogP contribution in [0.4, 0.5) is 4.39 Å². The maximum absolute atomic E-state index is 13.1. The molecule has 0 saturated carbocycles. The Morgan fingerprint density at radius 1 is 0.536 bits per heavy atom. The van der Waals surface area contributed by atoms with Gasteiger partial charge in [-0.05, 0) is 66.2 Å². The predicted octanol–water partition coefficient (Wildman–Crippen LogP) is 6.09. The molecular weight excluding hydrogens is 343 g/mol. The lowest BCUT2D eigenvalue weighted by molar-refractivity contribution is 0.627. The van der Waals surface area contributed by atoms with E-state index in [1.54, 1.807) is 12.1 Å². The molecule has 4 rings (SSSR count). The Kier molecular flexibility index (Phi) is 4.92. The third-order valence-electron chi connectivity index (χ3n) is 4.50. The van der Waals surface area contributed by atoms with Gasteiger partial charge in [-0.2, -0.15) is 0 Å². The van der Waals surface area contributed by atoms with Crippen molar-refractivity contribution in [1.29, 1.82) is 0 Å². The van der Waals surface area contributed by atoms with Crippen LogP contribution in [-0.2, 0) is 0 Å². The van der Waals surface area contributed by atoms with E-state index in [1.165, 1.54) is 17.7 Å². The summed E-state index contributed by atoms with van der Waals surface area (Å²) in [5.74, 6) is 12.6. The van der Waals surface area contributed by atoms with Gasteiger partial charge in [-0.1, -0.05) is 65.6 Å². The zero-order valence-electron chi connectivity index (χ0n) is 15.5. The van der Waals surface area contributed by atoms with Crippen LogP contribution in [-0.4, -0.2) is 0 Å². The number of hydrogen-bond donors (Lipinski definition) is 0. The predicted molar refractivity (Wildman–Crippen MR) is 113 cm³/mol. The van der Waals surface area contributed by atoms with Gasteiger partial charge in [0, 0.05) is 22.3 Å². The molecule has 0 atom stereocenters. The second-order valence-electron chi connectivity index (χ2n) is 6.58. The van der Waals surface area contributed by atoms with Crippen LogP contribution in [0.5, 0.6) is 0 Å². The van der Waals surface area contributed by atoms with Crippen LogP contribution < -0.4 is 0 Å². The monoisotopic (exact) mass is 360 g/mol. The first kappa shape index (κ1) is 17.6. The van der Waals surface area contributed by atoms with Crippen molar-refractivity contribution in [2.75, 3.05) is 0 Å². The van der Waals surface area contributed by atoms with Gasteiger partial charge in [0.1, 0.15) is 5.82 Å². The average Bonchev–Trinajstić information content (AvgIpc) is 2.73. The smallest absolute Gasteiger partial charge is 0.123 e. The SMILES string of the molecule is Cc1ccc(C#Cc2ccc(C#Cc3ccc(F)cc3)c3ccccc23)cc1. The molecule has 0 aliphatic carbocycles. The van der Waals surface area contributed by atoms with Crippen molar-refractivity contribution >= 4 is 10.8 Å². The Bertz CT molecular complexity index is 1150. The summed E-state index contributed by atoms with van der Waals surface area (Å²) < 4.78 is 13.1. The average molecular weight is 360 g/mol. The molecule has 28 heavy (non-hydrogen) atoms. The van der Waals surface area contributed by atoms with E-state index in [9.17, 15) is 4.39 Å². The van der Waals surface area contributed by atoms with E-state index in [0.29, 0.717) is 0 Å². The molecule has 0 radical (unpaired) electrons. The van der Waals surface area contributed by atoms with E-state index in [-0.39, 0.29) is 5.82 Å². The molecule has 0 amide bonds. The molecule has 0 N–H and O–H groups in total. The maximum atomic E-state index is 13.1. The summed E-state index contributed by atoms with van der Waals surface area (Å²) in [6.07, 6.45) is 0. The minimum absolute atomic E-state index is 0.257. The molecule has 0 unspecified atom stereocenters. The summed E-state index contributed by atoms with van der Waals surface area (Å²) in [6, 6.07) is 26.6. The second kappa shape index (κ2) is 7.83. The molecule has 0 aliphatic heterocycles. The van der Waals surface area contributed by atoms with Crippen molar-refractivity contribution in [3.05, 3.63) is 119 Å². The Morgan fingerprint density at radius 3 is 1.50 bits per heavy atom. The van der Waals surface area contributed by atoms with Gasteiger partial charge in [-0.15, -0.1) is 0 Å². The number of halogens is 1. The summed E-state index contributed by atoms with van der Waals surface area (Å²) in [7, 11) is 0. The maximum Gasteiger partial charge on any atom is 0.123 e. The first-order valence-corrected chi connectivity index (χ1v) is 9.07. The molecule has 132 valence electrons. The van der Waals surface area contributed by atoms with Crippen LogP contribution in [0, 0.1) is 36.4 Å². The molecule has 0 fully saturated rings. The molecule has 0 aliphatic rings. The van der Waals surface area contributed by atoms with E-state index in [0.717, 1.165) is 33.0 Å². The van der Waals surface area contributed by atoms with Crippen molar-refractivity contribution in [1.82, 2.24) is 0 Å². The van der Waals surface area contributed by atoms with Gasteiger partial charge in [-0.25, -0.2) is 4.39 Å². The molecule has 0 saturated heterocycles. The molecule has 4 aromatic rings. The van der Waals surface area contributed by atoms with Gasteiger partial charge < -0.3 is 0 Å². The van der Waals surface area contributed by atoms with Crippen molar-refractivity contribution in [3.8, 4) is 23.7 Å². The van der Waals surface area contributed by atoms with Crippen LogP contribution >= 0.6 is 0 Å². The van der Waals surface area contributed by atoms with Crippen LogP contribution in [0.25, 0.3) is 10.8 Å². The van der Waals surface area contributed by atoms with Crippen molar-refractivity contribution in [2.45, 2.75) is 6.92 Å². The quantitative estimate of drug-likeness (QED) is 0.333. The number of benzene rings is 4. The molecule has 0 bridgehead atoms. The molecule has 0 heterocycles. The fraction of sp³-hybridized carbons (Fsp3) is 0.0370. The summed E-state index contributed by atoms with van der Waals surface area (Å²) >= 11 is 0. The van der Waals surface area contributed by atoms with E-state index in [4.69, 9.17) is 0 Å². The topological polar surface area (TPSA) is 0 Å². The second-order valence-corrected chi connectivity index (χ2v) is 6.58. The van der Waals surface area contributed by atoms with E-state index in [1.807, 2.05) is 36.4 Å². The Hall–Kier alpha value is -3.81. The van der Waals surface area contributed by atoms with Crippen LogP contribution in [0.1, 0.15) is 27.8 Å². The number of aryl methyl sites for hydroxylation is 1. The molecule has 0 nitrogen and oxygen atoms in total. The van der Waals surface area contributed by atoms with E-state index >= 15 is 0 Å². The molecule has 0 aromatic heterocycles. The van der Waals surface area contributed by atoms with E-state index < -0.39 is 0 Å². The van der Waals surface area contributed by atoms with Crippen molar-refractivity contribution < 1.29 is 4.39 Å². The molecule has 0 spiro atoms. The van der Waals surface area contributed by atoms with Gasteiger partial charge >= 0.3 is 0 Å². The highest BCUT2D eigenvalue weighted by molar-refractivity contribution is 5.93. The van der Waals surface area contributed by atoms with Crippen LogP contribution in [0.3, 0.4) is 0 Å². The van der Waals surface area contributed by atoms with Crippen molar-refractivity contribution in [3.63, 3.8) is 0 Å². The third kappa shape index (κ3) is 3.96. The molecule has 1 heteroatoms. The summed E-state index contributed by atoms with van der Waals surface area (Å²) in [5.41, 5.74) is 4.91. The largest absolute Gasteiger partial charge is 0.207 e. The van der Waals surface area contributed by atoms with Crippen LogP contribution in [0.2, 0.25) is 0 Å². The lowest BCUT2D eigenvalue weighted by Crippen LogP contribution is -1.85. The minimum atomic E-state index is -0.257. The lowest BCUT2D eigenvalue weighted by atomic mass is 9.99. The third-order valence-corrected chi connectivity index (χ3v) is 4.50. The standard InChI is InChI=1S/C27H17F/c1-20-6-8-21(9-7-20)10-14-23-16-17-24(27-5-3-2-4-26(23)27)15-11-22-12-18-25(28)19-13-22/h2-9,12-13,16-19H,1H3. The first-order valence-electron chi connectivity index (χ1n) is 9.07. The fourth-order valence-corrected chi connectivity index (χ4v) is 2.97. The van der Waals surface area contributed by atoms with Crippen LogP contribution in [0.15, 0.2) is 84.9 Å². The van der Waals surface area contributed by atoms with Gasteiger partial charge in [0.25, 0.3) is 0 Å². The zero-order valence-corrected chi connectivity index (χ0v) is 15.5. The highest BCUT2D eigenvalue weighted by atomic mass is 19.1. The summed E-state index contributed by atoms with van der Waals surface area (Å²) in [6.45, 7) is 2.07. The Balaban J connectivity index is 1.73. The highest BCUT2D eigenvalue weighted by Crippen LogP contribution is 2.22. The summed E-state index contributed by atoms with van der Waals surface area (Å²) in [4.78, 5) is 0.